The molecule has 2 aromatic carbocycles. The van der Waals surface area contributed by atoms with Gasteiger partial charge in [-0.05, 0) is 36.8 Å². The largest absolute Gasteiger partial charge is 0.369 e. The summed E-state index contributed by atoms with van der Waals surface area (Å²) in [6.07, 6.45) is 0. The van der Waals surface area contributed by atoms with E-state index < -0.39 is 16.1 Å². The fraction of sp³-hybridized carbons (Fsp3) is 0.350. The summed E-state index contributed by atoms with van der Waals surface area (Å²) in [5.41, 5.74) is 2.97. The number of piperazine rings is 1. The molecule has 1 fully saturated rings. The second-order valence-electron chi connectivity index (χ2n) is 6.79. The Morgan fingerprint density at radius 1 is 1.00 bits per heavy atom. The van der Waals surface area contributed by atoms with Gasteiger partial charge in [0.1, 0.15) is 0 Å². The molecule has 7 nitrogen and oxygen atoms in total. The molecule has 150 valence electrons. The number of nitrogens with one attached hydrogen (secondary N) is 2. The summed E-state index contributed by atoms with van der Waals surface area (Å²) >= 11 is 0. The molecule has 2 aromatic rings. The van der Waals surface area contributed by atoms with E-state index in [1.807, 2.05) is 43.3 Å². The molecule has 0 aliphatic carbocycles. The van der Waals surface area contributed by atoms with Gasteiger partial charge in [0, 0.05) is 44.1 Å². The molecule has 0 unspecified atom stereocenters. The minimum atomic E-state index is -3.40. The standard InChI is InChI=1S/C20H26N4O3S/c1-17-6-5-9-19(16-17)23-11-13-24(14-12-23)28(26,27)15-10-21-20(25)22-18-7-3-2-4-8-18/h2-9,16H,10-15H2,1H3,(H2,21,22,25). The lowest BCUT2D eigenvalue weighted by atomic mass is 10.2. The summed E-state index contributed by atoms with van der Waals surface area (Å²) in [4.78, 5) is 14.1. The number of hydrogen-bond acceptors (Lipinski definition) is 4. The van der Waals surface area contributed by atoms with Gasteiger partial charge < -0.3 is 15.5 Å². The van der Waals surface area contributed by atoms with Crippen molar-refractivity contribution in [1.29, 1.82) is 0 Å². The van der Waals surface area contributed by atoms with Crippen molar-refractivity contribution in [3.05, 3.63) is 60.2 Å². The summed E-state index contributed by atoms with van der Waals surface area (Å²) in [6, 6.07) is 16.8. The first-order chi connectivity index (χ1) is 13.4. The average Bonchev–Trinajstić information content (AvgIpc) is 2.69. The molecule has 0 atom stereocenters. The Morgan fingerprint density at radius 3 is 2.39 bits per heavy atom. The number of urea groups is 1. The Kier molecular flexibility index (Phi) is 6.53. The Morgan fingerprint density at radius 2 is 1.71 bits per heavy atom. The fourth-order valence-electron chi connectivity index (χ4n) is 3.17. The van der Waals surface area contributed by atoms with Crippen molar-refractivity contribution in [2.24, 2.45) is 0 Å². The van der Waals surface area contributed by atoms with Crippen molar-refractivity contribution < 1.29 is 13.2 Å². The number of nitrogens with zero attached hydrogens (tertiary/aromatic N) is 2. The van der Waals surface area contributed by atoms with E-state index in [1.165, 1.54) is 9.87 Å². The van der Waals surface area contributed by atoms with Gasteiger partial charge in [-0.3, -0.25) is 0 Å². The zero-order valence-corrected chi connectivity index (χ0v) is 16.8. The number of rotatable bonds is 6. The Labute approximate surface area is 166 Å². The first-order valence-electron chi connectivity index (χ1n) is 9.33. The normalized spacial score (nSPS) is 15.2. The highest BCUT2D eigenvalue weighted by Crippen LogP contribution is 2.19. The third kappa shape index (κ3) is 5.46. The molecule has 2 amide bonds. The lowest BCUT2D eigenvalue weighted by Gasteiger charge is -2.35. The van der Waals surface area contributed by atoms with Crippen molar-refractivity contribution >= 4 is 27.4 Å². The summed E-state index contributed by atoms with van der Waals surface area (Å²) in [5.74, 6) is -0.111. The third-order valence-electron chi connectivity index (χ3n) is 4.68. The second-order valence-corrected chi connectivity index (χ2v) is 8.88. The van der Waals surface area contributed by atoms with Crippen LogP contribution in [-0.2, 0) is 10.0 Å². The molecule has 0 bridgehead atoms. The lowest BCUT2D eigenvalue weighted by Crippen LogP contribution is -2.50. The number of para-hydroxylation sites is 1. The minimum Gasteiger partial charge on any atom is -0.369 e. The van der Waals surface area contributed by atoms with Crippen molar-refractivity contribution in [1.82, 2.24) is 9.62 Å². The van der Waals surface area contributed by atoms with Gasteiger partial charge in [0.05, 0.1) is 5.75 Å². The van der Waals surface area contributed by atoms with Crippen molar-refractivity contribution in [2.75, 3.05) is 48.7 Å². The van der Waals surface area contributed by atoms with Gasteiger partial charge in [-0.1, -0.05) is 30.3 Å². The van der Waals surface area contributed by atoms with Crippen LogP contribution in [-0.4, -0.2) is 57.2 Å². The first-order valence-corrected chi connectivity index (χ1v) is 10.9. The average molecular weight is 403 g/mol. The van der Waals surface area contributed by atoms with Crippen LogP contribution in [0.2, 0.25) is 0 Å². The van der Waals surface area contributed by atoms with E-state index in [2.05, 4.69) is 21.6 Å². The van der Waals surface area contributed by atoms with Crippen LogP contribution in [0, 0.1) is 6.92 Å². The first kappa shape index (κ1) is 20.2. The van der Waals surface area contributed by atoms with Crippen molar-refractivity contribution in [3.63, 3.8) is 0 Å². The van der Waals surface area contributed by atoms with E-state index in [4.69, 9.17) is 0 Å². The molecule has 1 aliphatic rings. The summed E-state index contributed by atoms with van der Waals surface area (Å²) in [6.45, 7) is 4.33. The number of benzene rings is 2. The van der Waals surface area contributed by atoms with Gasteiger partial charge in [0.2, 0.25) is 10.0 Å². The van der Waals surface area contributed by atoms with Gasteiger partial charge in [0.15, 0.2) is 0 Å². The van der Waals surface area contributed by atoms with Crippen LogP contribution >= 0.6 is 0 Å². The Balaban J connectivity index is 1.44. The third-order valence-corrected chi connectivity index (χ3v) is 6.55. The highest BCUT2D eigenvalue weighted by atomic mass is 32.2. The highest BCUT2D eigenvalue weighted by Gasteiger charge is 2.26. The summed E-state index contributed by atoms with van der Waals surface area (Å²) in [5, 5.41) is 5.27. The van der Waals surface area contributed by atoms with Crippen LogP contribution in [0.3, 0.4) is 0 Å². The SMILES string of the molecule is Cc1cccc(N2CCN(S(=O)(=O)CCNC(=O)Nc3ccccc3)CC2)c1. The maximum Gasteiger partial charge on any atom is 0.319 e. The van der Waals surface area contributed by atoms with E-state index in [1.54, 1.807) is 12.1 Å². The van der Waals surface area contributed by atoms with Crippen LogP contribution in [0.1, 0.15) is 5.56 Å². The van der Waals surface area contributed by atoms with E-state index in [9.17, 15) is 13.2 Å². The van der Waals surface area contributed by atoms with E-state index in [-0.39, 0.29) is 12.3 Å². The topological polar surface area (TPSA) is 81.8 Å². The van der Waals surface area contributed by atoms with Crippen LogP contribution in [0.4, 0.5) is 16.2 Å². The predicted octanol–water partition coefficient (Wildman–Crippen LogP) is 2.27. The smallest absolute Gasteiger partial charge is 0.319 e. The number of carbonyl (C=O) groups excluding carboxylic acids is 1. The van der Waals surface area contributed by atoms with Crippen molar-refractivity contribution in [2.45, 2.75) is 6.92 Å². The molecule has 0 aromatic heterocycles. The van der Waals surface area contributed by atoms with Gasteiger partial charge in [-0.15, -0.1) is 0 Å². The van der Waals surface area contributed by atoms with Gasteiger partial charge >= 0.3 is 6.03 Å². The highest BCUT2D eigenvalue weighted by molar-refractivity contribution is 7.89. The fourth-order valence-corrected chi connectivity index (χ4v) is 4.51. The molecule has 1 saturated heterocycles. The quantitative estimate of drug-likeness (QED) is 0.777. The molecule has 28 heavy (non-hydrogen) atoms. The number of hydrogen-bond donors (Lipinski definition) is 2. The molecular formula is C20H26N4O3S. The maximum atomic E-state index is 12.6. The van der Waals surface area contributed by atoms with Gasteiger partial charge in [-0.2, -0.15) is 4.31 Å². The van der Waals surface area contributed by atoms with Crippen LogP contribution < -0.4 is 15.5 Å². The monoisotopic (exact) mass is 402 g/mol. The second kappa shape index (κ2) is 9.07. The number of aryl methyl sites for hydroxylation is 1. The lowest BCUT2D eigenvalue weighted by molar-refractivity contribution is 0.252. The molecule has 0 saturated carbocycles. The summed E-state index contributed by atoms with van der Waals surface area (Å²) < 4.78 is 26.6. The van der Waals surface area contributed by atoms with Crippen molar-refractivity contribution in [3.8, 4) is 0 Å². The summed E-state index contributed by atoms with van der Waals surface area (Å²) in [7, 11) is -3.40. The number of carbonyl (C=O) groups is 1. The molecule has 8 heteroatoms. The van der Waals surface area contributed by atoms with E-state index >= 15 is 0 Å². The van der Waals surface area contributed by atoms with Gasteiger partial charge in [-0.25, -0.2) is 13.2 Å². The number of anilines is 2. The Bertz CT molecular complexity index is 895. The minimum absolute atomic E-state index is 0.0685. The molecule has 0 spiro atoms. The molecule has 0 radical (unpaired) electrons. The molecule has 2 N–H and O–H groups in total. The predicted molar refractivity (Wildman–Crippen MR) is 112 cm³/mol. The van der Waals surface area contributed by atoms with Crippen LogP contribution in [0.25, 0.3) is 0 Å². The molecule has 1 heterocycles. The van der Waals surface area contributed by atoms with Crippen LogP contribution in [0.5, 0.6) is 0 Å². The molecular weight excluding hydrogens is 376 g/mol. The van der Waals surface area contributed by atoms with Crippen LogP contribution in [0.15, 0.2) is 54.6 Å². The van der Waals surface area contributed by atoms with E-state index in [0.29, 0.717) is 31.9 Å². The van der Waals surface area contributed by atoms with E-state index in [0.717, 1.165) is 5.69 Å². The molecule has 3 rings (SSSR count). The maximum absolute atomic E-state index is 12.6. The number of amides is 2. The van der Waals surface area contributed by atoms with Gasteiger partial charge in [0.25, 0.3) is 0 Å². The Hall–Kier alpha value is -2.58. The zero-order chi connectivity index (χ0) is 20.0. The molecule has 1 aliphatic heterocycles. The number of sulfonamides is 1. The zero-order valence-electron chi connectivity index (χ0n) is 16.0.